The first kappa shape index (κ1) is 26.2. The molecular weight excluding hydrogens is 421 g/mol. The van der Waals surface area contributed by atoms with Gasteiger partial charge in [0.15, 0.2) is 6.61 Å². The predicted octanol–water partition coefficient (Wildman–Crippen LogP) is 3.54. The first-order valence-electron chi connectivity index (χ1n) is 7.73. The van der Waals surface area contributed by atoms with Gasteiger partial charge in [-0.25, -0.2) is 0 Å². The van der Waals surface area contributed by atoms with Gasteiger partial charge in [-0.3, -0.25) is 4.79 Å². The molecular formula is C16H20ClF7N2O2. The standard InChI is InChI=1S/C16H19F7N2O2.ClH/c1-25(2)13(26)9-24-7-6-11-4-3-5-12(8-11)27-10-14(17,18)15(19,20)16(21,22)23;/h3-5,8,24H,6-7,9-10H2,1-2H3;1H. The highest BCUT2D eigenvalue weighted by Gasteiger charge is 2.73. The monoisotopic (exact) mass is 440 g/mol. The molecule has 4 nitrogen and oxygen atoms in total. The number of alkyl halides is 7. The van der Waals surface area contributed by atoms with Crippen LogP contribution in [-0.4, -0.2) is 62.6 Å². The highest BCUT2D eigenvalue weighted by molar-refractivity contribution is 5.85. The van der Waals surface area contributed by atoms with E-state index < -0.39 is 24.6 Å². The number of carbonyl (C=O) groups is 1. The predicted molar refractivity (Wildman–Crippen MR) is 90.4 cm³/mol. The number of likely N-dealkylation sites (N-methyl/N-ethyl adjacent to an activating group) is 1. The van der Waals surface area contributed by atoms with E-state index >= 15 is 0 Å². The summed E-state index contributed by atoms with van der Waals surface area (Å²) >= 11 is 0. The van der Waals surface area contributed by atoms with Gasteiger partial charge in [-0.2, -0.15) is 30.7 Å². The Morgan fingerprint density at radius 3 is 2.25 bits per heavy atom. The number of nitrogens with one attached hydrogen (secondary N) is 1. The average Bonchev–Trinajstić information content (AvgIpc) is 2.56. The van der Waals surface area contributed by atoms with Gasteiger partial charge in [0, 0.05) is 14.1 Å². The molecule has 0 spiro atoms. The topological polar surface area (TPSA) is 41.6 Å². The fourth-order valence-corrected chi connectivity index (χ4v) is 1.85. The molecule has 28 heavy (non-hydrogen) atoms. The maximum atomic E-state index is 13.2. The molecule has 1 amide bonds. The van der Waals surface area contributed by atoms with Crippen molar-refractivity contribution in [3.63, 3.8) is 0 Å². The van der Waals surface area contributed by atoms with Gasteiger partial charge in [0.2, 0.25) is 5.91 Å². The van der Waals surface area contributed by atoms with Crippen molar-refractivity contribution in [2.24, 2.45) is 0 Å². The van der Waals surface area contributed by atoms with E-state index in [1.807, 2.05) is 0 Å². The van der Waals surface area contributed by atoms with Crippen LogP contribution in [0.1, 0.15) is 5.56 Å². The first-order valence-corrected chi connectivity index (χ1v) is 7.73. The number of hydrogen-bond acceptors (Lipinski definition) is 3. The SMILES string of the molecule is CN(C)C(=O)CNCCc1cccc(OCC(F)(F)C(F)(F)C(F)(F)F)c1.Cl. The van der Waals surface area contributed by atoms with E-state index in [0.717, 1.165) is 6.07 Å². The lowest BCUT2D eigenvalue weighted by molar-refractivity contribution is -0.358. The summed E-state index contributed by atoms with van der Waals surface area (Å²) in [6.07, 6.45) is -6.04. The molecule has 0 radical (unpaired) electrons. The van der Waals surface area contributed by atoms with Crippen LogP contribution in [-0.2, 0) is 11.2 Å². The molecule has 0 heterocycles. The summed E-state index contributed by atoms with van der Waals surface area (Å²) in [7, 11) is 3.17. The molecule has 0 fully saturated rings. The number of rotatable bonds is 9. The van der Waals surface area contributed by atoms with Crippen molar-refractivity contribution < 1.29 is 40.3 Å². The number of halogens is 8. The molecule has 1 aromatic rings. The van der Waals surface area contributed by atoms with Crippen molar-refractivity contribution in [2.75, 3.05) is 33.8 Å². The number of benzene rings is 1. The lowest BCUT2D eigenvalue weighted by Gasteiger charge is -2.28. The molecule has 1 rings (SSSR count). The van der Waals surface area contributed by atoms with Crippen LogP contribution in [0.5, 0.6) is 5.75 Å². The summed E-state index contributed by atoms with van der Waals surface area (Å²) in [5.41, 5.74) is 0.559. The Hall–Kier alpha value is -1.75. The fourth-order valence-electron chi connectivity index (χ4n) is 1.85. The van der Waals surface area contributed by atoms with Gasteiger partial charge in [0.1, 0.15) is 5.75 Å². The third kappa shape index (κ3) is 7.01. The Morgan fingerprint density at radius 1 is 1.11 bits per heavy atom. The highest BCUT2D eigenvalue weighted by Crippen LogP contribution is 2.46. The van der Waals surface area contributed by atoms with Crippen LogP contribution in [0.3, 0.4) is 0 Å². The molecule has 12 heteroatoms. The van der Waals surface area contributed by atoms with Gasteiger partial charge < -0.3 is 15.0 Å². The zero-order valence-electron chi connectivity index (χ0n) is 15.0. The maximum Gasteiger partial charge on any atom is 0.460 e. The van der Waals surface area contributed by atoms with Gasteiger partial charge in [0.05, 0.1) is 6.54 Å². The molecule has 0 atom stereocenters. The Kier molecular flexibility index (Phi) is 9.51. The van der Waals surface area contributed by atoms with Crippen molar-refractivity contribution in [3.8, 4) is 5.75 Å². The third-order valence-electron chi connectivity index (χ3n) is 3.50. The lowest BCUT2D eigenvalue weighted by Crippen LogP contribution is -2.54. The minimum absolute atomic E-state index is 0. The molecule has 0 aliphatic rings. The van der Waals surface area contributed by atoms with Crippen LogP contribution >= 0.6 is 12.4 Å². The van der Waals surface area contributed by atoms with Gasteiger partial charge >= 0.3 is 18.0 Å². The van der Waals surface area contributed by atoms with Gasteiger partial charge in [-0.05, 0) is 30.7 Å². The van der Waals surface area contributed by atoms with E-state index in [9.17, 15) is 35.5 Å². The van der Waals surface area contributed by atoms with E-state index in [-0.39, 0.29) is 30.6 Å². The quantitative estimate of drug-likeness (QED) is 0.472. The molecule has 0 saturated carbocycles. The van der Waals surface area contributed by atoms with Crippen molar-refractivity contribution >= 4 is 18.3 Å². The molecule has 0 aromatic heterocycles. The Balaban J connectivity index is 0.00000729. The Labute approximate surface area is 163 Å². The molecule has 0 aliphatic heterocycles. The normalized spacial score (nSPS) is 12.3. The first-order chi connectivity index (χ1) is 12.3. The number of amides is 1. The Bertz CT molecular complexity index is 640. The summed E-state index contributed by atoms with van der Waals surface area (Å²) in [6.45, 7) is -1.69. The van der Waals surface area contributed by atoms with Crippen molar-refractivity contribution in [1.29, 1.82) is 0 Å². The van der Waals surface area contributed by atoms with Crippen LogP contribution in [0.25, 0.3) is 0 Å². The lowest BCUT2D eigenvalue weighted by atomic mass is 10.1. The molecule has 1 N–H and O–H groups in total. The molecule has 0 bridgehead atoms. The van der Waals surface area contributed by atoms with E-state index in [1.54, 1.807) is 20.2 Å². The van der Waals surface area contributed by atoms with Crippen LogP contribution < -0.4 is 10.1 Å². The van der Waals surface area contributed by atoms with E-state index in [1.165, 1.54) is 17.0 Å². The van der Waals surface area contributed by atoms with Crippen LogP contribution in [0.4, 0.5) is 30.7 Å². The van der Waals surface area contributed by atoms with Gasteiger partial charge in [-0.15, -0.1) is 12.4 Å². The van der Waals surface area contributed by atoms with Gasteiger partial charge in [0.25, 0.3) is 0 Å². The largest absolute Gasteiger partial charge is 0.487 e. The zero-order valence-corrected chi connectivity index (χ0v) is 15.8. The van der Waals surface area contributed by atoms with Crippen LogP contribution in [0.15, 0.2) is 24.3 Å². The van der Waals surface area contributed by atoms with Crippen molar-refractivity contribution in [2.45, 2.75) is 24.4 Å². The second-order valence-corrected chi connectivity index (χ2v) is 5.93. The highest BCUT2D eigenvalue weighted by atomic mass is 35.5. The average molecular weight is 441 g/mol. The summed E-state index contributed by atoms with van der Waals surface area (Å²) < 4.78 is 92.8. The molecule has 0 saturated heterocycles. The summed E-state index contributed by atoms with van der Waals surface area (Å²) in [5.74, 6) is -12.1. The minimum Gasteiger partial charge on any atom is -0.487 e. The summed E-state index contributed by atoms with van der Waals surface area (Å²) in [4.78, 5) is 12.8. The van der Waals surface area contributed by atoms with Crippen LogP contribution in [0, 0.1) is 0 Å². The van der Waals surface area contributed by atoms with Crippen molar-refractivity contribution in [1.82, 2.24) is 10.2 Å². The summed E-state index contributed by atoms with van der Waals surface area (Å²) in [5, 5.41) is 2.85. The fraction of sp³-hybridized carbons (Fsp3) is 0.562. The van der Waals surface area contributed by atoms with E-state index in [0.29, 0.717) is 18.5 Å². The zero-order chi connectivity index (χ0) is 20.9. The number of nitrogens with zero attached hydrogens (tertiary/aromatic N) is 1. The minimum atomic E-state index is -6.39. The second-order valence-electron chi connectivity index (χ2n) is 5.93. The molecule has 1 aromatic carbocycles. The maximum absolute atomic E-state index is 13.2. The Morgan fingerprint density at radius 2 is 1.71 bits per heavy atom. The van der Waals surface area contributed by atoms with E-state index in [4.69, 9.17) is 0 Å². The molecule has 0 unspecified atom stereocenters. The number of ether oxygens (including phenoxy) is 1. The van der Waals surface area contributed by atoms with Gasteiger partial charge in [-0.1, -0.05) is 12.1 Å². The number of hydrogen-bond donors (Lipinski definition) is 1. The van der Waals surface area contributed by atoms with Crippen molar-refractivity contribution in [3.05, 3.63) is 29.8 Å². The number of carbonyl (C=O) groups excluding carboxylic acids is 1. The molecule has 0 aliphatic carbocycles. The van der Waals surface area contributed by atoms with Crippen LogP contribution in [0.2, 0.25) is 0 Å². The second kappa shape index (κ2) is 10.1. The molecule has 162 valence electrons. The summed E-state index contributed by atoms with van der Waals surface area (Å²) in [6, 6.07) is 5.38. The third-order valence-corrected chi connectivity index (χ3v) is 3.50. The van der Waals surface area contributed by atoms with E-state index in [2.05, 4.69) is 10.1 Å². The smallest absolute Gasteiger partial charge is 0.460 e.